The molecule has 0 radical (unpaired) electrons. The lowest BCUT2D eigenvalue weighted by Crippen LogP contribution is -2.24. The second kappa shape index (κ2) is 6.02. The van der Waals surface area contributed by atoms with Crippen molar-refractivity contribution in [2.45, 2.75) is 26.7 Å². The third kappa shape index (κ3) is 3.23. The highest BCUT2D eigenvalue weighted by Gasteiger charge is 2.16. The Kier molecular flexibility index (Phi) is 4.37. The van der Waals surface area contributed by atoms with Crippen molar-refractivity contribution in [1.82, 2.24) is 10.3 Å². The van der Waals surface area contributed by atoms with Crippen LogP contribution in [0.15, 0.2) is 18.3 Å². The van der Waals surface area contributed by atoms with Crippen molar-refractivity contribution in [2.75, 3.05) is 12.3 Å². The Labute approximate surface area is 117 Å². The fraction of sp³-hybridized carbons (Fsp3) is 0.429. The molecule has 0 unspecified atom stereocenters. The predicted octanol–water partition coefficient (Wildman–Crippen LogP) is 3.04. The second-order valence-corrected chi connectivity index (χ2v) is 6.04. The van der Waals surface area contributed by atoms with Gasteiger partial charge in [-0.15, -0.1) is 11.3 Å². The van der Waals surface area contributed by atoms with Crippen LogP contribution in [0.25, 0.3) is 10.2 Å². The molecule has 0 saturated heterocycles. The molecule has 102 valence electrons. The average Bonchev–Trinajstić information content (AvgIpc) is 2.72. The van der Waals surface area contributed by atoms with E-state index in [0.717, 1.165) is 23.1 Å². The van der Waals surface area contributed by atoms with Gasteiger partial charge >= 0.3 is 0 Å². The predicted molar refractivity (Wildman–Crippen MR) is 80.4 cm³/mol. The van der Waals surface area contributed by atoms with Gasteiger partial charge in [0.15, 0.2) is 0 Å². The summed E-state index contributed by atoms with van der Waals surface area (Å²) in [6.07, 6.45) is 3.80. The maximum Gasteiger partial charge on any atom is 0.263 e. The van der Waals surface area contributed by atoms with E-state index in [1.165, 1.54) is 11.3 Å². The second-order valence-electron chi connectivity index (χ2n) is 4.99. The number of carbonyl (C=O) groups excluding carboxylic acids is 1. The lowest BCUT2D eigenvalue weighted by Gasteiger charge is -2.06. The van der Waals surface area contributed by atoms with E-state index >= 15 is 0 Å². The zero-order chi connectivity index (χ0) is 13.8. The van der Waals surface area contributed by atoms with E-state index in [0.29, 0.717) is 23.0 Å². The number of nitrogens with zero attached hydrogens (tertiary/aromatic N) is 1. The number of hydrogen-bond donors (Lipinski definition) is 2. The lowest BCUT2D eigenvalue weighted by atomic mass is 10.1. The fourth-order valence-corrected chi connectivity index (χ4v) is 2.91. The molecular weight excluding hydrogens is 258 g/mol. The average molecular weight is 277 g/mol. The number of pyridine rings is 1. The van der Waals surface area contributed by atoms with E-state index in [-0.39, 0.29) is 5.91 Å². The Morgan fingerprint density at radius 1 is 1.53 bits per heavy atom. The quantitative estimate of drug-likeness (QED) is 0.825. The highest BCUT2D eigenvalue weighted by molar-refractivity contribution is 7.21. The van der Waals surface area contributed by atoms with Gasteiger partial charge in [-0.3, -0.25) is 9.78 Å². The number of hydrogen-bond acceptors (Lipinski definition) is 4. The normalized spacial score (nSPS) is 11.1. The fourth-order valence-electron chi connectivity index (χ4n) is 1.91. The van der Waals surface area contributed by atoms with Gasteiger partial charge in [0.1, 0.15) is 10.4 Å². The summed E-state index contributed by atoms with van der Waals surface area (Å²) in [7, 11) is 0. The summed E-state index contributed by atoms with van der Waals surface area (Å²) in [5.74, 6) is 0.569. The van der Waals surface area contributed by atoms with Gasteiger partial charge < -0.3 is 11.1 Å². The number of nitrogens with two attached hydrogens (primary N) is 1. The topological polar surface area (TPSA) is 68.0 Å². The van der Waals surface area contributed by atoms with Gasteiger partial charge in [0.05, 0.1) is 10.4 Å². The minimum atomic E-state index is -0.0933. The standard InChI is InChI=1S/C14H19N3OS/c1-9(2)5-3-8-17-14(18)13-11(15)12-10(19-13)6-4-7-16-12/h4,6-7,9H,3,5,8,15H2,1-2H3,(H,17,18). The largest absolute Gasteiger partial charge is 0.396 e. The molecule has 3 N–H and O–H groups in total. The molecule has 0 atom stereocenters. The summed E-state index contributed by atoms with van der Waals surface area (Å²) < 4.78 is 0.951. The molecule has 1 amide bonds. The first kappa shape index (κ1) is 13.8. The number of thiophene rings is 1. The van der Waals surface area contributed by atoms with Gasteiger partial charge in [-0.25, -0.2) is 0 Å². The van der Waals surface area contributed by atoms with Gasteiger partial charge in [0.2, 0.25) is 0 Å². The van der Waals surface area contributed by atoms with Crippen molar-refractivity contribution >= 4 is 33.1 Å². The summed E-state index contributed by atoms with van der Waals surface area (Å²) in [5, 5.41) is 2.92. The Morgan fingerprint density at radius 2 is 2.32 bits per heavy atom. The molecule has 5 heteroatoms. The third-order valence-electron chi connectivity index (χ3n) is 2.93. The molecule has 0 aliphatic heterocycles. The molecular formula is C14H19N3OS. The number of fused-ring (bicyclic) bond motifs is 1. The van der Waals surface area contributed by atoms with Crippen LogP contribution >= 0.6 is 11.3 Å². The van der Waals surface area contributed by atoms with Crippen LogP contribution in [0.1, 0.15) is 36.4 Å². The molecule has 0 saturated carbocycles. The number of nitrogens with one attached hydrogen (secondary N) is 1. The van der Waals surface area contributed by atoms with Gasteiger partial charge in [-0.05, 0) is 30.9 Å². The molecule has 0 aliphatic rings. The summed E-state index contributed by atoms with van der Waals surface area (Å²) in [6, 6.07) is 3.78. The Hall–Kier alpha value is -1.62. The van der Waals surface area contributed by atoms with E-state index in [9.17, 15) is 4.79 Å². The van der Waals surface area contributed by atoms with Crippen LogP contribution in [0.5, 0.6) is 0 Å². The van der Waals surface area contributed by atoms with Gasteiger partial charge in [0, 0.05) is 12.7 Å². The SMILES string of the molecule is CC(C)CCCNC(=O)c1sc2cccnc2c1N. The van der Waals surface area contributed by atoms with Crippen LogP contribution in [0, 0.1) is 5.92 Å². The monoisotopic (exact) mass is 277 g/mol. The Balaban J connectivity index is 2.03. The molecule has 2 aromatic heterocycles. The van der Waals surface area contributed by atoms with Gasteiger partial charge in [-0.2, -0.15) is 0 Å². The molecule has 0 spiro atoms. The van der Waals surface area contributed by atoms with Crippen molar-refractivity contribution < 1.29 is 4.79 Å². The van der Waals surface area contributed by atoms with Crippen LogP contribution in [-0.4, -0.2) is 17.4 Å². The molecule has 0 aromatic carbocycles. The maximum absolute atomic E-state index is 12.1. The molecule has 4 nitrogen and oxygen atoms in total. The molecule has 2 aromatic rings. The van der Waals surface area contributed by atoms with Crippen molar-refractivity contribution in [2.24, 2.45) is 5.92 Å². The first-order valence-corrected chi connectivity index (χ1v) is 7.32. The first-order valence-electron chi connectivity index (χ1n) is 6.50. The number of amides is 1. The van der Waals surface area contributed by atoms with Crippen molar-refractivity contribution in [3.63, 3.8) is 0 Å². The van der Waals surface area contributed by atoms with Crippen LogP contribution in [-0.2, 0) is 0 Å². The number of aromatic nitrogens is 1. The molecule has 0 aliphatic carbocycles. The molecule has 2 rings (SSSR count). The summed E-state index contributed by atoms with van der Waals surface area (Å²) in [5.41, 5.74) is 7.19. The van der Waals surface area contributed by atoms with E-state index in [2.05, 4.69) is 24.1 Å². The highest BCUT2D eigenvalue weighted by atomic mass is 32.1. The number of nitrogen functional groups attached to an aromatic ring is 1. The van der Waals surface area contributed by atoms with Gasteiger partial charge in [-0.1, -0.05) is 13.8 Å². The molecule has 0 fully saturated rings. The van der Waals surface area contributed by atoms with Gasteiger partial charge in [0.25, 0.3) is 5.91 Å². The lowest BCUT2D eigenvalue weighted by molar-refractivity contribution is 0.0957. The number of rotatable bonds is 5. The van der Waals surface area contributed by atoms with E-state index in [1.54, 1.807) is 6.20 Å². The third-order valence-corrected chi connectivity index (χ3v) is 4.09. The number of anilines is 1. The summed E-state index contributed by atoms with van der Waals surface area (Å²) in [4.78, 5) is 16.8. The zero-order valence-electron chi connectivity index (χ0n) is 11.3. The Morgan fingerprint density at radius 3 is 3.00 bits per heavy atom. The summed E-state index contributed by atoms with van der Waals surface area (Å²) in [6.45, 7) is 5.05. The van der Waals surface area contributed by atoms with E-state index < -0.39 is 0 Å². The van der Waals surface area contributed by atoms with Crippen LogP contribution < -0.4 is 11.1 Å². The maximum atomic E-state index is 12.1. The molecule has 0 bridgehead atoms. The minimum Gasteiger partial charge on any atom is -0.396 e. The van der Waals surface area contributed by atoms with E-state index in [1.807, 2.05) is 12.1 Å². The first-order chi connectivity index (χ1) is 9.09. The minimum absolute atomic E-state index is 0.0933. The van der Waals surface area contributed by atoms with Crippen LogP contribution in [0.4, 0.5) is 5.69 Å². The summed E-state index contributed by atoms with van der Waals surface area (Å²) >= 11 is 1.40. The van der Waals surface area contributed by atoms with Crippen LogP contribution in [0.2, 0.25) is 0 Å². The van der Waals surface area contributed by atoms with Crippen molar-refractivity contribution in [1.29, 1.82) is 0 Å². The van der Waals surface area contributed by atoms with E-state index in [4.69, 9.17) is 5.73 Å². The Bertz CT molecular complexity index is 577. The highest BCUT2D eigenvalue weighted by Crippen LogP contribution is 2.31. The number of carbonyl (C=O) groups is 1. The molecule has 2 heterocycles. The van der Waals surface area contributed by atoms with Crippen LogP contribution in [0.3, 0.4) is 0 Å². The molecule has 19 heavy (non-hydrogen) atoms. The van der Waals surface area contributed by atoms with Crippen molar-refractivity contribution in [3.05, 3.63) is 23.2 Å². The van der Waals surface area contributed by atoms with Crippen molar-refractivity contribution in [3.8, 4) is 0 Å². The zero-order valence-corrected chi connectivity index (χ0v) is 12.1. The smallest absolute Gasteiger partial charge is 0.263 e.